The number of H-pyrrole nitrogens is 1. The number of aromatic amines is 1. The number of carbonyl (C=O) groups is 1. The summed E-state index contributed by atoms with van der Waals surface area (Å²) in [4.78, 5) is 18.0. The molecule has 1 aliphatic heterocycles. The number of fused-ring (bicyclic) bond motifs is 1. The van der Waals surface area contributed by atoms with Gasteiger partial charge in [0.1, 0.15) is 0 Å². The molecule has 21 heavy (non-hydrogen) atoms. The lowest BCUT2D eigenvalue weighted by molar-refractivity contribution is 0.0907. The molecule has 5 heteroatoms. The molecule has 0 saturated carbocycles. The van der Waals surface area contributed by atoms with E-state index in [1.165, 1.54) is 0 Å². The average molecular weight is 286 g/mol. The van der Waals surface area contributed by atoms with Gasteiger partial charge < -0.3 is 20.9 Å². The van der Waals surface area contributed by atoms with Crippen LogP contribution < -0.4 is 11.1 Å². The van der Waals surface area contributed by atoms with E-state index in [9.17, 15) is 4.79 Å². The van der Waals surface area contributed by atoms with E-state index in [0.717, 1.165) is 43.4 Å². The number of hydrogen-bond acceptors (Lipinski definition) is 3. The summed E-state index contributed by atoms with van der Waals surface area (Å²) in [6, 6.07) is 5.82. The third kappa shape index (κ3) is 2.88. The molecule has 0 bridgehead atoms. The molecule has 0 spiro atoms. The number of anilines is 1. The highest BCUT2D eigenvalue weighted by Gasteiger charge is 2.22. The Morgan fingerprint density at radius 1 is 1.52 bits per heavy atom. The van der Waals surface area contributed by atoms with E-state index in [1.54, 1.807) is 6.20 Å². The fourth-order valence-corrected chi connectivity index (χ4v) is 3.06. The average Bonchev–Trinajstić information content (AvgIpc) is 2.90. The Hall–Kier alpha value is -2.01. The first-order valence-electron chi connectivity index (χ1n) is 7.57. The van der Waals surface area contributed by atoms with Gasteiger partial charge in [0.05, 0.1) is 5.56 Å². The molecule has 1 aromatic heterocycles. The molecule has 1 unspecified atom stereocenters. The van der Waals surface area contributed by atoms with Gasteiger partial charge in [-0.15, -0.1) is 0 Å². The van der Waals surface area contributed by atoms with Crippen LogP contribution >= 0.6 is 0 Å². The Morgan fingerprint density at radius 3 is 3.19 bits per heavy atom. The van der Waals surface area contributed by atoms with Crippen molar-refractivity contribution >= 4 is 22.5 Å². The van der Waals surface area contributed by atoms with E-state index in [-0.39, 0.29) is 11.9 Å². The minimum absolute atomic E-state index is 0.00558. The number of nitrogens with two attached hydrogens (primary N) is 1. The van der Waals surface area contributed by atoms with Crippen molar-refractivity contribution in [1.82, 2.24) is 15.2 Å². The summed E-state index contributed by atoms with van der Waals surface area (Å²) in [5.74, 6) is -0.00558. The highest BCUT2D eigenvalue weighted by Crippen LogP contribution is 2.21. The molecular formula is C16H22N4O. The summed E-state index contributed by atoms with van der Waals surface area (Å²) in [6.07, 6.45) is 3.96. The van der Waals surface area contributed by atoms with E-state index in [0.29, 0.717) is 11.3 Å². The number of nitrogen functional groups attached to an aromatic ring is 1. The van der Waals surface area contributed by atoms with Crippen LogP contribution in [0.25, 0.3) is 10.9 Å². The summed E-state index contributed by atoms with van der Waals surface area (Å²) < 4.78 is 0. The van der Waals surface area contributed by atoms with Gasteiger partial charge >= 0.3 is 0 Å². The van der Waals surface area contributed by atoms with Gasteiger partial charge in [-0.3, -0.25) is 4.79 Å². The monoisotopic (exact) mass is 286 g/mol. The van der Waals surface area contributed by atoms with E-state index < -0.39 is 0 Å². The second kappa shape index (κ2) is 5.77. The molecule has 2 aromatic rings. The highest BCUT2D eigenvalue weighted by molar-refractivity contribution is 6.07. The second-order valence-electron chi connectivity index (χ2n) is 5.71. The first-order chi connectivity index (χ1) is 10.2. The largest absolute Gasteiger partial charge is 0.399 e. The van der Waals surface area contributed by atoms with Crippen LogP contribution in [-0.4, -0.2) is 41.5 Å². The Labute approximate surface area is 124 Å². The maximum absolute atomic E-state index is 12.5. The normalized spacial score (nSPS) is 19.8. The van der Waals surface area contributed by atoms with E-state index >= 15 is 0 Å². The summed E-state index contributed by atoms with van der Waals surface area (Å²) >= 11 is 0. The first kappa shape index (κ1) is 13.9. The Kier molecular flexibility index (Phi) is 3.84. The summed E-state index contributed by atoms with van der Waals surface area (Å²) in [6.45, 7) is 5.28. The van der Waals surface area contributed by atoms with Crippen molar-refractivity contribution in [2.45, 2.75) is 25.8 Å². The second-order valence-corrected chi connectivity index (χ2v) is 5.71. The van der Waals surface area contributed by atoms with Crippen LogP contribution in [0.4, 0.5) is 5.69 Å². The van der Waals surface area contributed by atoms with Gasteiger partial charge in [0.25, 0.3) is 5.91 Å². The van der Waals surface area contributed by atoms with E-state index in [4.69, 9.17) is 5.73 Å². The number of rotatable bonds is 3. The zero-order chi connectivity index (χ0) is 14.8. The molecule has 1 amide bonds. The molecule has 3 rings (SSSR count). The minimum atomic E-state index is -0.00558. The third-order valence-corrected chi connectivity index (χ3v) is 4.24. The summed E-state index contributed by atoms with van der Waals surface area (Å²) in [5, 5.41) is 4.08. The summed E-state index contributed by atoms with van der Waals surface area (Å²) in [5.41, 5.74) is 8.05. The third-order valence-electron chi connectivity index (χ3n) is 4.24. The molecule has 1 saturated heterocycles. The van der Waals surface area contributed by atoms with Crippen LogP contribution in [-0.2, 0) is 0 Å². The first-order valence-corrected chi connectivity index (χ1v) is 7.57. The predicted octanol–water partition coefficient (Wildman–Crippen LogP) is 1.96. The van der Waals surface area contributed by atoms with Gasteiger partial charge in [-0.25, -0.2) is 0 Å². The number of carbonyl (C=O) groups excluding carboxylic acids is 1. The molecule has 4 N–H and O–H groups in total. The van der Waals surface area contributed by atoms with Crippen LogP contribution in [0.3, 0.4) is 0 Å². The van der Waals surface area contributed by atoms with Crippen LogP contribution in [0, 0.1) is 0 Å². The molecule has 1 atom stereocenters. The molecule has 0 aliphatic carbocycles. The lowest BCUT2D eigenvalue weighted by Crippen LogP contribution is -2.47. The van der Waals surface area contributed by atoms with Crippen LogP contribution in [0.2, 0.25) is 0 Å². The number of nitrogens with zero attached hydrogens (tertiary/aromatic N) is 1. The standard InChI is InChI=1S/C16H22N4O/c1-2-20-7-3-4-12(10-20)19-16(21)14-9-18-15-8-11(17)5-6-13(14)15/h5-6,8-9,12,18H,2-4,7,10,17H2,1H3,(H,19,21). The van der Waals surface area contributed by atoms with Crippen LogP contribution in [0.15, 0.2) is 24.4 Å². The zero-order valence-corrected chi connectivity index (χ0v) is 12.4. The van der Waals surface area contributed by atoms with Gasteiger partial charge in [-0.1, -0.05) is 6.92 Å². The van der Waals surface area contributed by atoms with Crippen molar-refractivity contribution in [3.63, 3.8) is 0 Å². The van der Waals surface area contributed by atoms with Gasteiger partial charge in [-0.05, 0) is 44.1 Å². The Morgan fingerprint density at radius 2 is 2.38 bits per heavy atom. The van der Waals surface area contributed by atoms with Gasteiger partial charge in [0, 0.05) is 35.4 Å². The van der Waals surface area contributed by atoms with E-state index in [2.05, 4.69) is 22.1 Å². The maximum atomic E-state index is 12.5. The fourth-order valence-electron chi connectivity index (χ4n) is 3.06. The van der Waals surface area contributed by atoms with Crippen molar-refractivity contribution < 1.29 is 4.79 Å². The molecule has 1 aromatic carbocycles. The molecule has 112 valence electrons. The van der Waals surface area contributed by atoms with Crippen molar-refractivity contribution in [2.75, 3.05) is 25.4 Å². The number of hydrogen-bond donors (Lipinski definition) is 3. The molecule has 0 radical (unpaired) electrons. The molecular weight excluding hydrogens is 264 g/mol. The van der Waals surface area contributed by atoms with Gasteiger partial charge in [0.15, 0.2) is 0 Å². The molecule has 1 fully saturated rings. The lowest BCUT2D eigenvalue weighted by atomic mass is 10.0. The summed E-state index contributed by atoms with van der Waals surface area (Å²) in [7, 11) is 0. The molecule has 5 nitrogen and oxygen atoms in total. The van der Waals surface area contributed by atoms with E-state index in [1.807, 2.05) is 18.2 Å². The van der Waals surface area contributed by atoms with Gasteiger partial charge in [-0.2, -0.15) is 0 Å². The topological polar surface area (TPSA) is 74.2 Å². The highest BCUT2D eigenvalue weighted by atomic mass is 16.1. The number of amides is 1. The Bertz CT molecular complexity index is 649. The van der Waals surface area contributed by atoms with Crippen molar-refractivity contribution in [3.8, 4) is 0 Å². The number of benzene rings is 1. The zero-order valence-electron chi connectivity index (χ0n) is 12.4. The smallest absolute Gasteiger partial charge is 0.253 e. The van der Waals surface area contributed by atoms with Crippen LogP contribution in [0.1, 0.15) is 30.1 Å². The quantitative estimate of drug-likeness (QED) is 0.755. The van der Waals surface area contributed by atoms with Crippen molar-refractivity contribution in [2.24, 2.45) is 0 Å². The van der Waals surface area contributed by atoms with Crippen molar-refractivity contribution in [3.05, 3.63) is 30.0 Å². The number of likely N-dealkylation sites (N-methyl/N-ethyl adjacent to an activating group) is 1. The number of aromatic nitrogens is 1. The predicted molar refractivity (Wildman–Crippen MR) is 85.3 cm³/mol. The fraction of sp³-hybridized carbons (Fsp3) is 0.438. The van der Waals surface area contributed by atoms with Crippen molar-refractivity contribution in [1.29, 1.82) is 0 Å². The SMILES string of the molecule is CCN1CCCC(NC(=O)c2c[nH]c3cc(N)ccc23)C1. The molecule has 1 aliphatic rings. The number of piperidine rings is 1. The molecule has 2 heterocycles. The van der Waals surface area contributed by atoms with Gasteiger partial charge in [0.2, 0.25) is 0 Å². The number of likely N-dealkylation sites (tertiary alicyclic amines) is 1. The number of nitrogens with one attached hydrogen (secondary N) is 2. The van der Waals surface area contributed by atoms with Crippen LogP contribution in [0.5, 0.6) is 0 Å². The minimum Gasteiger partial charge on any atom is -0.399 e. The Balaban J connectivity index is 1.75. The lowest BCUT2D eigenvalue weighted by Gasteiger charge is -2.32. The maximum Gasteiger partial charge on any atom is 0.253 e.